The first-order valence-corrected chi connectivity index (χ1v) is 5.85. The van der Waals surface area contributed by atoms with E-state index in [9.17, 15) is 4.79 Å². The molecule has 0 saturated heterocycles. The van der Waals surface area contributed by atoms with Crippen molar-refractivity contribution in [3.8, 4) is 0 Å². The van der Waals surface area contributed by atoms with Gasteiger partial charge in [0.2, 0.25) is 5.76 Å². The molecule has 0 spiro atoms. The Bertz CT molecular complexity index is 713. The molecule has 0 atom stereocenters. The molecule has 5 nitrogen and oxygen atoms in total. The third-order valence-corrected chi connectivity index (χ3v) is 2.89. The molecule has 0 unspecified atom stereocenters. The topological polar surface area (TPSA) is 68.1 Å². The number of nitrogens with one attached hydrogen (secondary N) is 1. The van der Waals surface area contributed by atoms with Crippen LogP contribution in [0.25, 0.3) is 11.0 Å². The molecule has 3 aromatic rings. The van der Waals surface area contributed by atoms with Gasteiger partial charge in [-0.25, -0.2) is 9.78 Å². The first-order chi connectivity index (χ1) is 9.26. The van der Waals surface area contributed by atoms with Gasteiger partial charge in [-0.05, 0) is 23.8 Å². The van der Waals surface area contributed by atoms with Crippen LogP contribution < -0.4 is 0 Å². The Labute approximate surface area is 109 Å². The van der Waals surface area contributed by atoms with Crippen molar-refractivity contribution in [3.05, 3.63) is 53.8 Å². The smallest absolute Gasteiger partial charge is 0.373 e. The van der Waals surface area contributed by atoms with Gasteiger partial charge in [0.25, 0.3) is 0 Å². The van der Waals surface area contributed by atoms with E-state index in [2.05, 4.69) is 14.7 Å². The van der Waals surface area contributed by atoms with Gasteiger partial charge in [0.1, 0.15) is 11.4 Å². The van der Waals surface area contributed by atoms with Gasteiger partial charge in [-0.2, -0.15) is 0 Å². The highest BCUT2D eigenvalue weighted by Gasteiger charge is 2.12. The van der Waals surface area contributed by atoms with Crippen LogP contribution in [0.3, 0.4) is 0 Å². The summed E-state index contributed by atoms with van der Waals surface area (Å²) >= 11 is 0. The maximum absolute atomic E-state index is 11.4. The summed E-state index contributed by atoms with van der Waals surface area (Å²) in [5.74, 6) is 0.646. The van der Waals surface area contributed by atoms with Gasteiger partial charge in [-0.15, -0.1) is 0 Å². The lowest BCUT2D eigenvalue weighted by Gasteiger charge is -1.97. The molecular weight excluding hydrogens is 244 g/mol. The van der Waals surface area contributed by atoms with Crippen LogP contribution in [-0.2, 0) is 11.2 Å². The highest BCUT2D eigenvalue weighted by Crippen LogP contribution is 2.22. The summed E-state index contributed by atoms with van der Waals surface area (Å²) < 4.78 is 10.0. The Hall–Kier alpha value is -2.56. The Morgan fingerprint density at radius 1 is 1.42 bits per heavy atom. The van der Waals surface area contributed by atoms with Crippen LogP contribution in [0.15, 0.2) is 41.1 Å². The number of benzene rings is 1. The van der Waals surface area contributed by atoms with E-state index in [1.807, 2.05) is 18.2 Å². The van der Waals surface area contributed by atoms with E-state index in [1.165, 1.54) is 7.11 Å². The minimum atomic E-state index is -0.469. The molecule has 1 aromatic carbocycles. The van der Waals surface area contributed by atoms with Crippen molar-refractivity contribution in [2.24, 2.45) is 0 Å². The number of furan rings is 1. The molecule has 0 aliphatic heterocycles. The molecule has 0 saturated carbocycles. The number of nitrogens with zero attached hydrogens (tertiary/aromatic N) is 1. The first-order valence-electron chi connectivity index (χ1n) is 5.85. The van der Waals surface area contributed by atoms with Crippen molar-refractivity contribution < 1.29 is 13.9 Å². The van der Waals surface area contributed by atoms with Gasteiger partial charge in [-0.1, -0.05) is 6.07 Å². The van der Waals surface area contributed by atoms with E-state index in [0.717, 1.165) is 16.8 Å². The maximum atomic E-state index is 11.4. The molecule has 1 N–H and O–H groups in total. The lowest BCUT2D eigenvalue weighted by Crippen LogP contribution is -1.97. The fourth-order valence-corrected chi connectivity index (χ4v) is 1.99. The predicted molar refractivity (Wildman–Crippen MR) is 68.9 cm³/mol. The second-order valence-electron chi connectivity index (χ2n) is 4.19. The number of rotatable bonds is 3. The summed E-state index contributed by atoms with van der Waals surface area (Å²) in [5.41, 5.74) is 1.77. The van der Waals surface area contributed by atoms with Gasteiger partial charge in [0.05, 0.1) is 7.11 Å². The van der Waals surface area contributed by atoms with Crippen molar-refractivity contribution in [3.63, 3.8) is 0 Å². The van der Waals surface area contributed by atoms with Crippen molar-refractivity contribution in [1.82, 2.24) is 9.97 Å². The first kappa shape index (κ1) is 11.5. The lowest BCUT2D eigenvalue weighted by molar-refractivity contribution is 0.0567. The Kier molecular flexibility index (Phi) is 2.79. The highest BCUT2D eigenvalue weighted by atomic mass is 16.5. The molecule has 5 heteroatoms. The average Bonchev–Trinajstić information content (AvgIpc) is 3.06. The minimum Gasteiger partial charge on any atom is -0.463 e. The lowest BCUT2D eigenvalue weighted by atomic mass is 10.1. The molecule has 0 radical (unpaired) electrons. The number of aromatic amines is 1. The van der Waals surface area contributed by atoms with Crippen LogP contribution in [0.1, 0.15) is 21.9 Å². The molecular formula is C14H12N2O3. The third kappa shape index (κ3) is 2.22. The summed E-state index contributed by atoms with van der Waals surface area (Å²) in [5, 5.41) is 0.879. The SMILES string of the molecule is COC(=O)c1cc2cc(Cc3ncc[nH]3)ccc2o1. The maximum Gasteiger partial charge on any atom is 0.373 e. The van der Waals surface area contributed by atoms with Crippen LogP contribution in [0.2, 0.25) is 0 Å². The number of aromatic nitrogens is 2. The Balaban J connectivity index is 1.94. The summed E-state index contributed by atoms with van der Waals surface area (Å²) in [4.78, 5) is 18.6. The van der Waals surface area contributed by atoms with Crippen molar-refractivity contribution in [2.75, 3.05) is 7.11 Å². The van der Waals surface area contributed by atoms with Crippen LogP contribution in [0.5, 0.6) is 0 Å². The standard InChI is InChI=1S/C14H12N2O3/c1-18-14(17)12-8-10-6-9(2-3-11(10)19-12)7-13-15-4-5-16-13/h2-6,8H,7H2,1H3,(H,15,16). The quantitative estimate of drug-likeness (QED) is 0.731. The van der Waals surface area contributed by atoms with Crippen LogP contribution >= 0.6 is 0 Å². The molecule has 2 heterocycles. The molecule has 3 rings (SSSR count). The van der Waals surface area contributed by atoms with E-state index in [0.29, 0.717) is 12.0 Å². The molecule has 0 amide bonds. The number of imidazole rings is 1. The number of carbonyl (C=O) groups excluding carboxylic acids is 1. The zero-order chi connectivity index (χ0) is 13.2. The van der Waals surface area contributed by atoms with Crippen LogP contribution in [-0.4, -0.2) is 23.0 Å². The normalized spacial score (nSPS) is 10.8. The minimum absolute atomic E-state index is 0.215. The van der Waals surface area contributed by atoms with Gasteiger partial charge < -0.3 is 14.1 Å². The van der Waals surface area contributed by atoms with Crippen LogP contribution in [0.4, 0.5) is 0 Å². The number of fused-ring (bicyclic) bond motifs is 1. The fourth-order valence-electron chi connectivity index (χ4n) is 1.99. The van der Waals surface area contributed by atoms with E-state index in [1.54, 1.807) is 18.5 Å². The molecule has 2 aromatic heterocycles. The molecule has 19 heavy (non-hydrogen) atoms. The Morgan fingerprint density at radius 2 is 2.32 bits per heavy atom. The monoisotopic (exact) mass is 256 g/mol. The zero-order valence-electron chi connectivity index (χ0n) is 10.3. The average molecular weight is 256 g/mol. The Morgan fingerprint density at radius 3 is 3.05 bits per heavy atom. The number of methoxy groups -OCH3 is 1. The number of ether oxygens (including phenoxy) is 1. The number of esters is 1. The van der Waals surface area contributed by atoms with E-state index in [4.69, 9.17) is 4.42 Å². The predicted octanol–water partition coefficient (Wildman–Crippen LogP) is 2.53. The summed E-state index contributed by atoms with van der Waals surface area (Å²) in [6, 6.07) is 7.47. The molecule has 0 fully saturated rings. The van der Waals surface area contributed by atoms with Crippen molar-refractivity contribution in [1.29, 1.82) is 0 Å². The van der Waals surface area contributed by atoms with E-state index in [-0.39, 0.29) is 5.76 Å². The van der Waals surface area contributed by atoms with E-state index >= 15 is 0 Å². The number of hydrogen-bond acceptors (Lipinski definition) is 4. The molecule has 0 aliphatic carbocycles. The summed E-state index contributed by atoms with van der Waals surface area (Å²) in [6.07, 6.45) is 4.23. The van der Waals surface area contributed by atoms with Crippen LogP contribution in [0, 0.1) is 0 Å². The molecule has 0 aliphatic rings. The second-order valence-corrected chi connectivity index (χ2v) is 4.19. The van der Waals surface area contributed by atoms with Crippen molar-refractivity contribution in [2.45, 2.75) is 6.42 Å². The van der Waals surface area contributed by atoms with Gasteiger partial charge in [-0.3, -0.25) is 0 Å². The largest absolute Gasteiger partial charge is 0.463 e. The van der Waals surface area contributed by atoms with Gasteiger partial charge in [0.15, 0.2) is 0 Å². The zero-order valence-corrected chi connectivity index (χ0v) is 10.3. The molecule has 96 valence electrons. The number of hydrogen-bond donors (Lipinski definition) is 1. The summed E-state index contributed by atoms with van der Waals surface area (Å²) in [6.45, 7) is 0. The highest BCUT2D eigenvalue weighted by molar-refractivity contribution is 5.92. The third-order valence-electron chi connectivity index (χ3n) is 2.89. The fraction of sp³-hybridized carbons (Fsp3) is 0.143. The van der Waals surface area contributed by atoms with Crippen molar-refractivity contribution >= 4 is 16.9 Å². The van der Waals surface area contributed by atoms with E-state index < -0.39 is 5.97 Å². The van der Waals surface area contributed by atoms with Gasteiger partial charge in [0, 0.05) is 24.2 Å². The number of carbonyl (C=O) groups is 1. The second kappa shape index (κ2) is 4.61. The summed E-state index contributed by atoms with van der Waals surface area (Å²) in [7, 11) is 1.33. The molecule has 0 bridgehead atoms. The van der Waals surface area contributed by atoms with Gasteiger partial charge >= 0.3 is 5.97 Å². The number of H-pyrrole nitrogens is 1.